The molecule has 6 heteroatoms. The van der Waals surface area contributed by atoms with Crippen LogP contribution in [0.2, 0.25) is 0 Å². The third-order valence-corrected chi connectivity index (χ3v) is 5.41. The predicted octanol–water partition coefficient (Wildman–Crippen LogP) is 2.58. The summed E-state index contributed by atoms with van der Waals surface area (Å²) >= 11 is 1.62. The molecule has 3 rings (SSSR count). The van der Waals surface area contributed by atoms with E-state index in [4.69, 9.17) is 4.74 Å². The number of methoxy groups -OCH3 is 1. The van der Waals surface area contributed by atoms with E-state index in [9.17, 15) is 9.90 Å². The molecule has 2 aromatic rings. The van der Waals surface area contributed by atoms with E-state index in [1.54, 1.807) is 23.3 Å². The van der Waals surface area contributed by atoms with E-state index in [0.29, 0.717) is 18.0 Å². The molecule has 0 aromatic carbocycles. The second-order valence-electron chi connectivity index (χ2n) is 5.98. The van der Waals surface area contributed by atoms with Crippen LogP contribution in [0.3, 0.4) is 0 Å². The molecule has 2 aromatic heterocycles. The van der Waals surface area contributed by atoms with Gasteiger partial charge in [-0.3, -0.25) is 4.79 Å². The number of aryl methyl sites for hydroxylation is 3. The standard InChI is InChI=1S/C18H22N2O3S/c1-12-6-9-24-16(12)11-20(7-8-21)18(22)14-10-13-4-3-5-15(13)19-17(14)23-2/h6,9-10,21H,3-5,7-8,11H2,1-2H3. The number of rotatable bonds is 6. The number of aromatic nitrogens is 1. The molecule has 24 heavy (non-hydrogen) atoms. The maximum Gasteiger partial charge on any atom is 0.259 e. The van der Waals surface area contributed by atoms with Gasteiger partial charge in [0.25, 0.3) is 5.91 Å². The second kappa shape index (κ2) is 7.32. The van der Waals surface area contributed by atoms with Gasteiger partial charge in [-0.1, -0.05) is 0 Å². The highest BCUT2D eigenvalue weighted by Crippen LogP contribution is 2.28. The third-order valence-electron chi connectivity index (χ3n) is 4.40. The zero-order valence-electron chi connectivity index (χ0n) is 14.0. The quantitative estimate of drug-likeness (QED) is 0.873. The molecule has 0 aliphatic heterocycles. The van der Waals surface area contributed by atoms with Gasteiger partial charge < -0.3 is 14.7 Å². The molecule has 0 radical (unpaired) electrons. The van der Waals surface area contributed by atoms with E-state index in [0.717, 1.165) is 41.0 Å². The summed E-state index contributed by atoms with van der Waals surface area (Å²) in [6, 6.07) is 3.96. The van der Waals surface area contributed by atoms with Crippen molar-refractivity contribution < 1.29 is 14.6 Å². The molecule has 128 valence electrons. The van der Waals surface area contributed by atoms with Gasteiger partial charge in [0, 0.05) is 17.1 Å². The van der Waals surface area contributed by atoms with Gasteiger partial charge in [0.2, 0.25) is 5.88 Å². The summed E-state index contributed by atoms with van der Waals surface area (Å²) in [6.07, 6.45) is 2.96. The molecule has 1 amide bonds. The predicted molar refractivity (Wildman–Crippen MR) is 93.7 cm³/mol. The molecule has 0 saturated heterocycles. The van der Waals surface area contributed by atoms with Crippen LogP contribution in [0.1, 0.15) is 38.5 Å². The van der Waals surface area contributed by atoms with Gasteiger partial charge in [0.1, 0.15) is 5.56 Å². The minimum absolute atomic E-state index is 0.0726. The van der Waals surface area contributed by atoms with Crippen LogP contribution in [0.15, 0.2) is 17.5 Å². The molecule has 1 aliphatic carbocycles. The SMILES string of the molecule is COc1nc2c(cc1C(=O)N(CCO)Cc1sccc1C)CCC2. The van der Waals surface area contributed by atoms with Crippen molar-refractivity contribution in [1.82, 2.24) is 9.88 Å². The largest absolute Gasteiger partial charge is 0.480 e. The Kier molecular flexibility index (Phi) is 5.16. The minimum atomic E-state index is -0.143. The number of ether oxygens (including phenoxy) is 1. The Hall–Kier alpha value is -1.92. The summed E-state index contributed by atoms with van der Waals surface area (Å²) in [6.45, 7) is 2.74. The Bertz CT molecular complexity index is 742. The molecule has 0 spiro atoms. The zero-order valence-corrected chi connectivity index (χ0v) is 14.9. The van der Waals surface area contributed by atoms with Gasteiger partial charge in [-0.15, -0.1) is 11.3 Å². The topological polar surface area (TPSA) is 62.7 Å². The van der Waals surface area contributed by atoms with Crippen LogP contribution in [0.4, 0.5) is 0 Å². The Morgan fingerprint density at radius 3 is 2.96 bits per heavy atom. The van der Waals surface area contributed by atoms with Crippen LogP contribution in [0.25, 0.3) is 0 Å². The first-order chi connectivity index (χ1) is 11.6. The number of pyridine rings is 1. The van der Waals surface area contributed by atoms with E-state index in [1.165, 1.54) is 0 Å². The van der Waals surface area contributed by atoms with Crippen LogP contribution in [0, 0.1) is 6.92 Å². The monoisotopic (exact) mass is 346 g/mol. The van der Waals surface area contributed by atoms with Gasteiger partial charge in [-0.2, -0.15) is 0 Å². The number of amides is 1. The lowest BCUT2D eigenvalue weighted by Gasteiger charge is -2.23. The summed E-state index contributed by atoms with van der Waals surface area (Å²) in [5, 5.41) is 11.4. The Balaban J connectivity index is 1.91. The lowest BCUT2D eigenvalue weighted by molar-refractivity contribution is 0.0705. The van der Waals surface area contributed by atoms with Crippen molar-refractivity contribution in [2.75, 3.05) is 20.3 Å². The Morgan fingerprint density at radius 1 is 1.46 bits per heavy atom. The second-order valence-corrected chi connectivity index (χ2v) is 6.98. The maximum atomic E-state index is 13.1. The van der Waals surface area contributed by atoms with Crippen molar-refractivity contribution in [3.05, 3.63) is 44.8 Å². The first-order valence-electron chi connectivity index (χ1n) is 8.14. The van der Waals surface area contributed by atoms with Gasteiger partial charge in [0.15, 0.2) is 0 Å². The summed E-state index contributed by atoms with van der Waals surface area (Å²) < 4.78 is 5.36. The molecule has 0 fully saturated rings. The first kappa shape index (κ1) is 16.9. The molecule has 5 nitrogen and oxygen atoms in total. The summed E-state index contributed by atoms with van der Waals surface area (Å²) in [5.74, 6) is 0.238. The van der Waals surface area contributed by atoms with E-state index >= 15 is 0 Å². The molecule has 1 N–H and O–H groups in total. The van der Waals surface area contributed by atoms with Crippen molar-refractivity contribution in [2.45, 2.75) is 32.7 Å². The van der Waals surface area contributed by atoms with E-state index in [-0.39, 0.29) is 19.1 Å². The molecule has 0 saturated carbocycles. The van der Waals surface area contributed by atoms with Crippen molar-refractivity contribution in [1.29, 1.82) is 0 Å². The summed E-state index contributed by atoms with van der Waals surface area (Å²) in [4.78, 5) is 20.4. The number of aliphatic hydroxyl groups excluding tert-OH is 1. The first-order valence-corrected chi connectivity index (χ1v) is 9.02. The molecular weight excluding hydrogens is 324 g/mol. The van der Waals surface area contributed by atoms with Crippen LogP contribution in [-0.4, -0.2) is 41.2 Å². The van der Waals surface area contributed by atoms with Crippen LogP contribution >= 0.6 is 11.3 Å². The third kappa shape index (κ3) is 3.30. The molecule has 0 unspecified atom stereocenters. The number of hydrogen-bond donors (Lipinski definition) is 1. The fourth-order valence-electron chi connectivity index (χ4n) is 3.04. The number of aliphatic hydroxyl groups is 1. The zero-order chi connectivity index (χ0) is 17.1. The van der Waals surface area contributed by atoms with E-state index in [1.807, 2.05) is 24.4 Å². The summed E-state index contributed by atoms with van der Waals surface area (Å²) in [7, 11) is 1.54. The van der Waals surface area contributed by atoms with Crippen molar-refractivity contribution in [3.8, 4) is 5.88 Å². The van der Waals surface area contributed by atoms with Crippen molar-refractivity contribution >= 4 is 17.2 Å². The van der Waals surface area contributed by atoms with Gasteiger partial charge in [-0.25, -0.2) is 4.98 Å². The molecular formula is C18H22N2O3S. The highest BCUT2D eigenvalue weighted by atomic mass is 32.1. The minimum Gasteiger partial charge on any atom is -0.480 e. The van der Waals surface area contributed by atoms with E-state index in [2.05, 4.69) is 4.98 Å². The molecule has 0 bridgehead atoms. The Labute approximate surface area is 145 Å². The molecule has 1 aliphatic rings. The van der Waals surface area contributed by atoms with Gasteiger partial charge in [-0.05, 0) is 54.8 Å². The fourth-order valence-corrected chi connectivity index (χ4v) is 3.97. The number of carbonyl (C=O) groups is 1. The summed E-state index contributed by atoms with van der Waals surface area (Å²) in [5.41, 5.74) is 3.82. The number of nitrogens with zero attached hydrogens (tertiary/aromatic N) is 2. The highest BCUT2D eigenvalue weighted by Gasteiger charge is 2.25. The van der Waals surface area contributed by atoms with Gasteiger partial charge in [0.05, 0.1) is 20.3 Å². The van der Waals surface area contributed by atoms with Crippen LogP contribution in [0.5, 0.6) is 5.88 Å². The lowest BCUT2D eigenvalue weighted by Crippen LogP contribution is -2.33. The fraction of sp³-hybridized carbons (Fsp3) is 0.444. The lowest BCUT2D eigenvalue weighted by atomic mass is 10.1. The average Bonchev–Trinajstić information content (AvgIpc) is 3.21. The number of carbonyl (C=O) groups excluding carboxylic acids is 1. The maximum absolute atomic E-state index is 13.1. The molecule has 0 atom stereocenters. The number of thiophene rings is 1. The van der Waals surface area contributed by atoms with Crippen LogP contribution in [-0.2, 0) is 19.4 Å². The smallest absolute Gasteiger partial charge is 0.259 e. The number of fused-ring (bicyclic) bond motifs is 1. The van der Waals surface area contributed by atoms with Crippen molar-refractivity contribution in [2.24, 2.45) is 0 Å². The average molecular weight is 346 g/mol. The van der Waals surface area contributed by atoms with Crippen LogP contribution < -0.4 is 4.74 Å². The number of hydrogen-bond acceptors (Lipinski definition) is 5. The van der Waals surface area contributed by atoms with E-state index < -0.39 is 0 Å². The van der Waals surface area contributed by atoms with Crippen molar-refractivity contribution in [3.63, 3.8) is 0 Å². The highest BCUT2D eigenvalue weighted by molar-refractivity contribution is 7.10. The molecule has 2 heterocycles. The normalized spacial score (nSPS) is 13.0. The van der Waals surface area contributed by atoms with Gasteiger partial charge >= 0.3 is 0 Å². The Morgan fingerprint density at radius 2 is 2.29 bits per heavy atom.